The van der Waals surface area contributed by atoms with Gasteiger partial charge in [0.05, 0.1) is 12.9 Å². The van der Waals surface area contributed by atoms with Crippen molar-refractivity contribution in [2.75, 3.05) is 11.9 Å². The van der Waals surface area contributed by atoms with Crippen molar-refractivity contribution in [2.45, 2.75) is 31.1 Å². The van der Waals surface area contributed by atoms with E-state index in [4.69, 9.17) is 14.5 Å². The number of benzene rings is 1. The number of aromatic nitrogens is 4. The highest BCUT2D eigenvalue weighted by atomic mass is 32.5. The molecule has 4 rings (SSSR count). The molecule has 1 aliphatic rings. The average molecular weight is 565 g/mol. The first-order chi connectivity index (χ1) is 16.8. The molecule has 3 aromatic rings. The minimum atomic E-state index is -5.98. The predicted molar refractivity (Wildman–Crippen MR) is 123 cm³/mol. The lowest BCUT2D eigenvalue weighted by atomic mass is 10.1. The summed E-state index contributed by atoms with van der Waals surface area (Å²) in [5.41, 5.74) is 1.52. The van der Waals surface area contributed by atoms with Gasteiger partial charge in [-0.3, -0.25) is 13.7 Å². The second-order valence-electron chi connectivity index (χ2n) is 7.74. The number of hydrogen-bond acceptors (Lipinski definition) is 11. The zero-order valence-corrected chi connectivity index (χ0v) is 20.8. The van der Waals surface area contributed by atoms with Crippen LogP contribution in [0.1, 0.15) is 11.8 Å². The largest absolute Gasteiger partial charge is 0.422 e. The van der Waals surface area contributed by atoms with Crippen LogP contribution in [0.3, 0.4) is 0 Å². The molecule has 0 spiro atoms. The summed E-state index contributed by atoms with van der Waals surface area (Å²) in [6.07, 6.45) is -3.64. The summed E-state index contributed by atoms with van der Waals surface area (Å²) < 4.78 is 46.1. The molecule has 0 amide bonds. The zero-order valence-electron chi connectivity index (χ0n) is 18.1. The highest BCUT2D eigenvalue weighted by Crippen LogP contribution is 2.94. The van der Waals surface area contributed by atoms with Gasteiger partial charge in [0.2, 0.25) is 0 Å². The molecule has 1 fully saturated rings. The van der Waals surface area contributed by atoms with E-state index in [1.807, 2.05) is 30.3 Å². The molecular formula is C17H22N5O11P3. The maximum Gasteiger partial charge on any atom is 0.422 e. The molecule has 0 radical (unpaired) electrons. The quantitative estimate of drug-likeness (QED) is 0.175. The molecule has 19 heteroatoms. The van der Waals surface area contributed by atoms with Crippen LogP contribution < -0.4 is 5.32 Å². The summed E-state index contributed by atoms with van der Waals surface area (Å²) in [4.78, 5) is 49.4. The van der Waals surface area contributed by atoms with Crippen LogP contribution in [0.2, 0.25) is 0 Å². The van der Waals surface area contributed by atoms with Gasteiger partial charge >= 0.3 is 21.3 Å². The van der Waals surface area contributed by atoms with E-state index in [0.717, 1.165) is 5.56 Å². The topological polar surface area (TPSA) is 247 Å². The van der Waals surface area contributed by atoms with Crippen molar-refractivity contribution in [1.29, 1.82) is 0 Å². The number of nitrogens with one attached hydrogen (secondary N) is 1. The third-order valence-electron chi connectivity index (χ3n) is 5.35. The Morgan fingerprint density at radius 1 is 1.00 bits per heavy atom. The highest BCUT2D eigenvalue weighted by Gasteiger charge is 2.58. The summed E-state index contributed by atoms with van der Waals surface area (Å²) in [5.74, 6) is 0.382. The van der Waals surface area contributed by atoms with Crippen molar-refractivity contribution in [1.82, 2.24) is 19.5 Å². The Balaban J connectivity index is 1.51. The molecule has 0 aliphatic carbocycles. The lowest BCUT2D eigenvalue weighted by Gasteiger charge is -2.21. The Hall–Kier alpha value is -2.06. The van der Waals surface area contributed by atoms with E-state index in [-0.39, 0.29) is 5.65 Å². The van der Waals surface area contributed by atoms with Crippen molar-refractivity contribution in [3.63, 3.8) is 0 Å². The third kappa shape index (κ3) is 5.03. The number of anilines is 1. The Morgan fingerprint density at radius 3 is 2.36 bits per heavy atom. The molecule has 36 heavy (non-hydrogen) atoms. The predicted octanol–water partition coefficient (Wildman–Crippen LogP) is 0.538. The number of imidazole rings is 1. The molecule has 1 aromatic carbocycles. The monoisotopic (exact) mass is 565 g/mol. The van der Waals surface area contributed by atoms with Crippen LogP contribution >= 0.6 is 21.3 Å². The third-order valence-corrected chi connectivity index (χ3v) is 15.7. The van der Waals surface area contributed by atoms with Gasteiger partial charge in [-0.05, 0) is 5.56 Å². The van der Waals surface area contributed by atoms with E-state index in [0.29, 0.717) is 17.9 Å². The average Bonchev–Trinajstić information content (AvgIpc) is 3.37. The van der Waals surface area contributed by atoms with Crippen LogP contribution in [0.15, 0.2) is 43.0 Å². The van der Waals surface area contributed by atoms with Crippen molar-refractivity contribution >= 4 is 38.3 Å². The van der Waals surface area contributed by atoms with Crippen molar-refractivity contribution in [3.05, 3.63) is 48.5 Å². The molecule has 0 bridgehead atoms. The summed E-state index contributed by atoms with van der Waals surface area (Å²) in [6, 6.07) is 9.47. The molecule has 16 nitrogen and oxygen atoms in total. The van der Waals surface area contributed by atoms with E-state index in [2.05, 4.69) is 24.8 Å². The van der Waals surface area contributed by atoms with E-state index in [9.17, 15) is 33.7 Å². The second kappa shape index (κ2) is 10.0. The molecule has 0 saturated carbocycles. The molecule has 2 unspecified atom stereocenters. The van der Waals surface area contributed by atoms with Gasteiger partial charge in [0.15, 0.2) is 23.2 Å². The maximum absolute atomic E-state index is 12.0. The Bertz CT molecular complexity index is 1380. The fourth-order valence-corrected chi connectivity index (χ4v) is 8.87. The lowest BCUT2D eigenvalue weighted by molar-refractivity contribution is -0.0480. The summed E-state index contributed by atoms with van der Waals surface area (Å²) in [5, 5.41) is 24.0. The highest BCUT2D eigenvalue weighted by molar-refractivity contribution is 8.60. The lowest BCUT2D eigenvalue weighted by Crippen LogP contribution is -2.33. The summed E-state index contributed by atoms with van der Waals surface area (Å²) in [7, 11) is -11.6. The SMILES string of the molecule is O=P(O)(O)P(=O)(O)P(=O)(O)OC[C@H]1O[C@@H](n2cnc3c(NCc4ccccc4)ncnc32)[C@H](O)[C@@H]1O. The maximum atomic E-state index is 12.0. The molecule has 2 aromatic heterocycles. The van der Waals surface area contributed by atoms with Crippen LogP contribution in [-0.2, 0) is 29.5 Å². The number of aliphatic hydroxyl groups is 2. The molecule has 3 heterocycles. The van der Waals surface area contributed by atoms with Crippen molar-refractivity contribution < 1.29 is 52.7 Å². The first-order valence-electron chi connectivity index (χ1n) is 10.2. The molecule has 196 valence electrons. The molecule has 1 saturated heterocycles. The molecule has 7 N–H and O–H groups in total. The number of aliphatic hydroxyl groups excluding tert-OH is 2. The summed E-state index contributed by atoms with van der Waals surface area (Å²) in [6.45, 7) is -6.59. The number of fused-ring (bicyclic) bond motifs is 1. The van der Waals surface area contributed by atoms with E-state index >= 15 is 0 Å². The number of hydrogen-bond donors (Lipinski definition) is 7. The van der Waals surface area contributed by atoms with E-state index in [1.165, 1.54) is 17.2 Å². The van der Waals surface area contributed by atoms with Crippen molar-refractivity contribution in [3.8, 4) is 0 Å². The Kier molecular flexibility index (Phi) is 7.50. The first kappa shape index (κ1) is 27.0. The fourth-order valence-electron chi connectivity index (χ4n) is 3.44. The molecule has 1 aliphatic heterocycles. The van der Waals surface area contributed by atoms with Crippen LogP contribution in [0.25, 0.3) is 11.2 Å². The van der Waals surface area contributed by atoms with Gasteiger partial charge in [0, 0.05) is 6.54 Å². The van der Waals surface area contributed by atoms with Gasteiger partial charge in [-0.25, -0.2) is 24.1 Å². The molecule has 6 atom stereocenters. The van der Waals surface area contributed by atoms with E-state index in [1.54, 1.807) is 0 Å². The number of nitrogens with zero attached hydrogens (tertiary/aromatic N) is 4. The number of rotatable bonds is 9. The fraction of sp³-hybridized carbons (Fsp3) is 0.353. The van der Waals surface area contributed by atoms with Gasteiger partial charge in [-0.15, -0.1) is 0 Å². The Morgan fingerprint density at radius 2 is 1.69 bits per heavy atom. The zero-order chi connectivity index (χ0) is 26.3. The smallest absolute Gasteiger partial charge is 0.387 e. The second-order valence-corrected chi connectivity index (χ2v) is 18.3. The van der Waals surface area contributed by atoms with Gasteiger partial charge in [0.1, 0.15) is 24.6 Å². The standard InChI is InChI=1S/C17H22N5O11P3/c23-13-11(7-32-35(28,29)36(30,31)34(25,26)27)33-17(14(13)24)22-9-21-12-15(19-8-20-16(12)22)18-6-10-4-2-1-3-5-10/h1-5,8-9,11,13-14,17,23-24H,6-7H2,(H,28,29)(H,30,31)(H,18,19,20)(H2,25,26,27)/t11-,13-,14-,17-/m1/s1. The first-order valence-corrected chi connectivity index (χ1v) is 16.4. The van der Waals surface area contributed by atoms with Crippen LogP contribution in [0, 0.1) is 0 Å². The van der Waals surface area contributed by atoms with Crippen LogP contribution in [-0.4, -0.2) is 74.2 Å². The van der Waals surface area contributed by atoms with Crippen molar-refractivity contribution in [2.24, 2.45) is 0 Å². The van der Waals surface area contributed by atoms with Gasteiger partial charge < -0.3 is 39.8 Å². The van der Waals surface area contributed by atoms with Gasteiger partial charge in [-0.1, -0.05) is 30.3 Å². The van der Waals surface area contributed by atoms with E-state index < -0.39 is 52.5 Å². The Labute approximate surface area is 202 Å². The van der Waals surface area contributed by atoms with Crippen LogP contribution in [0.5, 0.6) is 0 Å². The van der Waals surface area contributed by atoms with Gasteiger partial charge in [-0.2, -0.15) is 0 Å². The normalized spacial score (nSPS) is 25.9. The van der Waals surface area contributed by atoms with Gasteiger partial charge in [0.25, 0.3) is 0 Å². The van der Waals surface area contributed by atoms with Crippen LogP contribution in [0.4, 0.5) is 5.82 Å². The number of ether oxygens (including phenoxy) is 1. The minimum absolute atomic E-state index is 0.215. The summed E-state index contributed by atoms with van der Waals surface area (Å²) >= 11 is 0. The molecular weight excluding hydrogens is 543 g/mol. The minimum Gasteiger partial charge on any atom is -0.387 e.